The number of hydrogen-bond acceptors (Lipinski definition) is 2. The summed E-state index contributed by atoms with van der Waals surface area (Å²) in [7, 11) is 0. The summed E-state index contributed by atoms with van der Waals surface area (Å²) in [6, 6.07) is 56.5. The lowest BCUT2D eigenvalue weighted by Crippen LogP contribution is -2.61. The molecule has 0 saturated carbocycles. The number of unbranched alkanes of at least 4 members (excludes halogenated alkanes) is 1. The molecule has 0 bridgehead atoms. The molecular weight excluding hydrogens is 653 g/mol. The minimum Gasteiger partial charge on any atom is -0.311 e. The van der Waals surface area contributed by atoms with Crippen molar-refractivity contribution in [3.63, 3.8) is 0 Å². The van der Waals surface area contributed by atoms with Gasteiger partial charge in [0.2, 0.25) is 0 Å². The fourth-order valence-electron chi connectivity index (χ4n) is 9.52. The van der Waals surface area contributed by atoms with E-state index in [9.17, 15) is 0 Å². The smallest absolute Gasteiger partial charge is 0.252 e. The van der Waals surface area contributed by atoms with Crippen molar-refractivity contribution in [2.75, 3.05) is 9.80 Å². The van der Waals surface area contributed by atoms with Gasteiger partial charge in [-0.1, -0.05) is 111 Å². The van der Waals surface area contributed by atoms with Crippen molar-refractivity contribution in [2.45, 2.75) is 52.9 Å². The Morgan fingerprint density at radius 1 is 0.611 bits per heavy atom. The first-order valence-electron chi connectivity index (χ1n) is 19.6. The normalized spacial score (nSPS) is 13.3. The third kappa shape index (κ3) is 4.96. The molecule has 0 N–H and O–H groups in total. The Morgan fingerprint density at radius 2 is 1.30 bits per heavy atom. The average molecular weight is 698 g/mol. The molecule has 1 atom stereocenters. The molecule has 2 aliphatic heterocycles. The van der Waals surface area contributed by atoms with Gasteiger partial charge in [0.05, 0.1) is 5.52 Å². The third-order valence-corrected chi connectivity index (χ3v) is 11.9. The second kappa shape index (κ2) is 12.8. The molecule has 54 heavy (non-hydrogen) atoms. The molecular formula is C50H44BN3. The van der Waals surface area contributed by atoms with Gasteiger partial charge in [-0.25, -0.2) is 0 Å². The zero-order valence-corrected chi connectivity index (χ0v) is 31.6. The van der Waals surface area contributed by atoms with Crippen LogP contribution in [0.3, 0.4) is 0 Å². The van der Waals surface area contributed by atoms with Crippen molar-refractivity contribution in [3.05, 3.63) is 168 Å². The molecule has 7 aromatic carbocycles. The van der Waals surface area contributed by atoms with Gasteiger partial charge in [0.1, 0.15) is 0 Å². The molecule has 262 valence electrons. The van der Waals surface area contributed by atoms with E-state index >= 15 is 0 Å². The molecule has 4 heteroatoms. The molecule has 8 aromatic rings. The summed E-state index contributed by atoms with van der Waals surface area (Å²) in [5.74, 6) is 0.533. The predicted molar refractivity (Wildman–Crippen MR) is 232 cm³/mol. The summed E-state index contributed by atoms with van der Waals surface area (Å²) in [6.07, 6.45) is 3.71. The number of para-hydroxylation sites is 3. The van der Waals surface area contributed by atoms with Crippen LogP contribution < -0.4 is 26.2 Å². The Hall–Kier alpha value is -6.00. The molecule has 0 radical (unpaired) electrons. The number of nitrogens with zero attached hydrogens (tertiary/aromatic N) is 3. The van der Waals surface area contributed by atoms with Crippen molar-refractivity contribution in [3.8, 4) is 5.69 Å². The van der Waals surface area contributed by atoms with Crippen LogP contribution in [0.4, 0.5) is 34.1 Å². The molecule has 0 spiro atoms. The summed E-state index contributed by atoms with van der Waals surface area (Å²) in [5, 5.41) is 2.72. The molecule has 0 fully saturated rings. The first kappa shape index (κ1) is 32.6. The lowest BCUT2D eigenvalue weighted by Gasteiger charge is -2.41. The number of aromatic nitrogens is 1. The highest BCUT2D eigenvalue weighted by Gasteiger charge is 2.43. The van der Waals surface area contributed by atoms with E-state index in [-0.39, 0.29) is 6.71 Å². The van der Waals surface area contributed by atoms with Gasteiger partial charge in [0.25, 0.3) is 6.71 Å². The van der Waals surface area contributed by atoms with Crippen molar-refractivity contribution < 1.29 is 0 Å². The Bertz CT molecular complexity index is 2660. The first-order chi connectivity index (χ1) is 26.5. The minimum absolute atomic E-state index is 0.0873. The van der Waals surface area contributed by atoms with E-state index in [0.29, 0.717) is 5.92 Å². The van der Waals surface area contributed by atoms with Gasteiger partial charge in [-0.3, -0.25) is 0 Å². The van der Waals surface area contributed by atoms with Crippen molar-refractivity contribution in [2.24, 2.45) is 0 Å². The van der Waals surface area contributed by atoms with E-state index in [0.717, 1.165) is 22.7 Å². The van der Waals surface area contributed by atoms with E-state index in [4.69, 9.17) is 0 Å². The van der Waals surface area contributed by atoms with Crippen LogP contribution in [0.25, 0.3) is 27.5 Å². The molecule has 0 amide bonds. The van der Waals surface area contributed by atoms with Crippen molar-refractivity contribution >= 4 is 79.0 Å². The zero-order valence-electron chi connectivity index (χ0n) is 31.6. The van der Waals surface area contributed by atoms with Gasteiger partial charge < -0.3 is 14.4 Å². The van der Waals surface area contributed by atoms with E-state index in [1.165, 1.54) is 91.2 Å². The maximum atomic E-state index is 2.58. The van der Waals surface area contributed by atoms with Gasteiger partial charge in [-0.15, -0.1) is 0 Å². The number of rotatable bonds is 8. The fraction of sp³-hybridized carbons (Fsp3) is 0.160. The molecule has 0 saturated heterocycles. The van der Waals surface area contributed by atoms with Crippen LogP contribution in [-0.2, 0) is 0 Å². The Morgan fingerprint density at radius 3 is 2.00 bits per heavy atom. The SMILES string of the molecule is CCCC[C@@H](C)c1ccc2c(c1)c1cc(C)cc3c1n2-c1cccc2c1B3c1c(C)cc(N(c3ccccc3)c3ccccc3)cc1N2c1ccccc1. The second-order valence-electron chi connectivity index (χ2n) is 15.4. The van der Waals surface area contributed by atoms with Crippen LogP contribution >= 0.6 is 0 Å². The summed E-state index contributed by atoms with van der Waals surface area (Å²) >= 11 is 0. The third-order valence-electron chi connectivity index (χ3n) is 11.9. The lowest BCUT2D eigenvalue weighted by molar-refractivity contribution is 0.625. The van der Waals surface area contributed by atoms with E-state index in [2.05, 4.69) is 194 Å². The Labute approximate surface area is 319 Å². The summed E-state index contributed by atoms with van der Waals surface area (Å²) < 4.78 is 2.58. The number of fused-ring (bicyclic) bond motifs is 7. The standard InChI is InChI=1S/C50H44BN3/c1-5-6-17-34(3)36-26-27-44-41(31-36)42-28-33(2)29-43-50(42)54(44)46-25-16-24-45-49(46)51(43)48-35(4)30-40(32-47(48)53(45)39-22-14-9-15-23-39)52(37-18-10-7-11-19-37)38-20-12-8-13-21-38/h7-16,18-32,34H,5-6,17H2,1-4H3/t34-/m1/s1. The average Bonchev–Trinajstić information content (AvgIpc) is 3.53. The highest BCUT2D eigenvalue weighted by molar-refractivity contribution is 7.00. The van der Waals surface area contributed by atoms with E-state index in [1.54, 1.807) is 0 Å². The molecule has 0 aliphatic carbocycles. The van der Waals surface area contributed by atoms with Gasteiger partial charge in [0, 0.05) is 56.1 Å². The van der Waals surface area contributed by atoms with Crippen molar-refractivity contribution in [1.29, 1.82) is 0 Å². The van der Waals surface area contributed by atoms with Gasteiger partial charge in [-0.05, 0) is 127 Å². The predicted octanol–water partition coefficient (Wildman–Crippen LogP) is 11.8. The van der Waals surface area contributed by atoms with E-state index in [1.807, 2.05) is 0 Å². The minimum atomic E-state index is 0.0873. The molecule has 0 unspecified atom stereocenters. The largest absolute Gasteiger partial charge is 0.311 e. The van der Waals surface area contributed by atoms with Gasteiger partial charge in [-0.2, -0.15) is 0 Å². The number of aryl methyl sites for hydroxylation is 2. The van der Waals surface area contributed by atoms with Crippen LogP contribution in [-0.4, -0.2) is 11.3 Å². The van der Waals surface area contributed by atoms with Crippen LogP contribution in [0.15, 0.2) is 152 Å². The first-order valence-corrected chi connectivity index (χ1v) is 19.6. The molecule has 3 nitrogen and oxygen atoms in total. The summed E-state index contributed by atoms with van der Waals surface area (Å²) in [4.78, 5) is 4.91. The highest BCUT2D eigenvalue weighted by Crippen LogP contribution is 2.45. The Kier molecular flexibility index (Phi) is 7.76. The summed E-state index contributed by atoms with van der Waals surface area (Å²) in [6.45, 7) is 9.38. The van der Waals surface area contributed by atoms with Crippen LogP contribution in [0, 0.1) is 13.8 Å². The number of anilines is 6. The number of benzene rings is 7. The maximum Gasteiger partial charge on any atom is 0.252 e. The topological polar surface area (TPSA) is 11.4 Å². The fourth-order valence-corrected chi connectivity index (χ4v) is 9.52. The van der Waals surface area contributed by atoms with Gasteiger partial charge >= 0.3 is 0 Å². The van der Waals surface area contributed by atoms with Crippen LogP contribution in [0.5, 0.6) is 0 Å². The van der Waals surface area contributed by atoms with Crippen LogP contribution in [0.1, 0.15) is 55.7 Å². The van der Waals surface area contributed by atoms with Crippen LogP contribution in [0.2, 0.25) is 0 Å². The second-order valence-corrected chi connectivity index (χ2v) is 15.4. The molecule has 2 aliphatic rings. The zero-order chi connectivity index (χ0) is 36.5. The number of hydrogen-bond donors (Lipinski definition) is 0. The van der Waals surface area contributed by atoms with Crippen molar-refractivity contribution in [1.82, 2.24) is 4.57 Å². The lowest BCUT2D eigenvalue weighted by atomic mass is 9.33. The molecule has 1 aromatic heterocycles. The Balaban J connectivity index is 1.27. The van der Waals surface area contributed by atoms with Gasteiger partial charge in [0.15, 0.2) is 0 Å². The molecule has 3 heterocycles. The molecule has 10 rings (SSSR count). The summed E-state index contributed by atoms with van der Waals surface area (Å²) in [5.41, 5.74) is 19.2. The maximum absolute atomic E-state index is 2.58. The van der Waals surface area contributed by atoms with E-state index < -0.39 is 0 Å². The monoisotopic (exact) mass is 697 g/mol. The highest BCUT2D eigenvalue weighted by atomic mass is 15.2. The quantitative estimate of drug-likeness (QED) is 0.146.